The maximum Gasteiger partial charge on any atom is 0.0194 e. The molecule has 4 fully saturated rings. The minimum Gasteiger partial charge on any atom is -0.148 e. The van der Waals surface area contributed by atoms with E-state index < -0.39 is 0 Å². The van der Waals surface area contributed by atoms with E-state index in [1.807, 2.05) is 0 Å². The summed E-state index contributed by atoms with van der Waals surface area (Å²) < 4.78 is 1.69. The molecule has 4 rings (SSSR count). The van der Waals surface area contributed by atoms with Crippen molar-refractivity contribution < 1.29 is 0 Å². The third-order valence-electron chi connectivity index (χ3n) is 4.53. The average Bonchev–Trinajstić information content (AvgIpc) is 2.92. The average molecular weight is 194 g/mol. The van der Waals surface area contributed by atoms with Crippen LogP contribution in [0.4, 0.5) is 0 Å². The van der Waals surface area contributed by atoms with Gasteiger partial charge >= 0.3 is 0 Å². The maximum absolute atomic E-state index is 2.47. The highest BCUT2D eigenvalue weighted by Gasteiger charge is 2.64. The Labute approximate surface area is 84.9 Å². The molecule has 0 aliphatic heterocycles. The maximum atomic E-state index is 2.47. The van der Waals surface area contributed by atoms with Gasteiger partial charge in [0.1, 0.15) is 0 Å². The first kappa shape index (κ1) is 7.62. The second kappa shape index (κ2) is 2.13. The molecule has 0 aromatic rings. The van der Waals surface area contributed by atoms with Gasteiger partial charge in [0.2, 0.25) is 0 Å². The van der Waals surface area contributed by atoms with E-state index in [0.29, 0.717) is 0 Å². The molecule has 0 amide bonds. The van der Waals surface area contributed by atoms with E-state index in [9.17, 15) is 0 Å². The fourth-order valence-electron chi connectivity index (χ4n) is 3.06. The highest BCUT2D eigenvalue weighted by atomic mass is 32.2. The quantitative estimate of drug-likeness (QED) is 0.659. The van der Waals surface area contributed by atoms with Crippen LogP contribution in [0.25, 0.3) is 0 Å². The molecule has 0 aromatic carbocycles. The van der Waals surface area contributed by atoms with Crippen molar-refractivity contribution in [2.75, 3.05) is 0 Å². The molecule has 0 N–H and O–H groups in total. The second-order valence-electron chi connectivity index (χ2n) is 5.78. The topological polar surface area (TPSA) is 0 Å². The fraction of sp³-hybridized carbons (Fsp3) is 1.00. The smallest absolute Gasteiger partial charge is 0.0194 e. The Balaban J connectivity index is 1.51. The summed E-state index contributed by atoms with van der Waals surface area (Å²) in [7, 11) is 0. The molecular formula is C12H18S. The van der Waals surface area contributed by atoms with Crippen molar-refractivity contribution in [3.05, 3.63) is 0 Å². The van der Waals surface area contributed by atoms with E-state index >= 15 is 0 Å². The second-order valence-corrected chi connectivity index (χ2v) is 7.61. The molecule has 0 radical (unpaired) electrons. The summed E-state index contributed by atoms with van der Waals surface area (Å²) in [5.41, 5.74) is 0. The molecule has 4 aliphatic carbocycles. The van der Waals surface area contributed by atoms with Gasteiger partial charge in [-0.1, -0.05) is 0 Å². The van der Waals surface area contributed by atoms with Crippen LogP contribution in [0.15, 0.2) is 0 Å². The standard InChI is InChI=1S/C12H18S/c1-2-9(1)11(5-6-11)13-12(7-8-12)10-3-4-10/h9-10H,1-8H2. The third kappa shape index (κ3) is 1.12. The summed E-state index contributed by atoms with van der Waals surface area (Å²) in [5.74, 6) is 2.32. The summed E-state index contributed by atoms with van der Waals surface area (Å²) in [6.07, 6.45) is 12.5. The molecule has 13 heavy (non-hydrogen) atoms. The fourth-order valence-corrected chi connectivity index (χ4v) is 5.28. The minimum absolute atomic E-state index is 0.846. The van der Waals surface area contributed by atoms with Gasteiger partial charge in [0.25, 0.3) is 0 Å². The van der Waals surface area contributed by atoms with Crippen molar-refractivity contribution >= 4 is 11.8 Å². The van der Waals surface area contributed by atoms with Gasteiger partial charge in [-0.2, -0.15) is 0 Å². The van der Waals surface area contributed by atoms with Gasteiger partial charge in [-0.15, -0.1) is 11.8 Å². The summed E-state index contributed by atoms with van der Waals surface area (Å²) in [5, 5.41) is 0. The molecule has 0 nitrogen and oxygen atoms in total. The van der Waals surface area contributed by atoms with E-state index in [1.54, 1.807) is 51.4 Å². The summed E-state index contributed by atoms with van der Waals surface area (Å²) in [4.78, 5) is 0. The van der Waals surface area contributed by atoms with Crippen LogP contribution in [0.1, 0.15) is 51.4 Å². The Kier molecular flexibility index (Phi) is 1.25. The number of rotatable bonds is 4. The van der Waals surface area contributed by atoms with E-state index in [0.717, 1.165) is 21.3 Å². The van der Waals surface area contributed by atoms with Crippen LogP contribution < -0.4 is 0 Å². The normalized spacial score (nSPS) is 38.8. The first-order valence-electron chi connectivity index (χ1n) is 6.03. The monoisotopic (exact) mass is 194 g/mol. The van der Waals surface area contributed by atoms with Crippen LogP contribution in [-0.2, 0) is 0 Å². The molecule has 0 spiro atoms. The lowest BCUT2D eigenvalue weighted by atomic mass is 10.2. The van der Waals surface area contributed by atoms with Crippen molar-refractivity contribution in [1.82, 2.24) is 0 Å². The summed E-state index contributed by atoms with van der Waals surface area (Å²) in [6, 6.07) is 0. The Morgan fingerprint density at radius 1 is 0.692 bits per heavy atom. The predicted molar refractivity (Wildman–Crippen MR) is 57.0 cm³/mol. The Bertz CT molecular complexity index is 216. The largest absolute Gasteiger partial charge is 0.148 e. The van der Waals surface area contributed by atoms with Crippen LogP contribution in [-0.4, -0.2) is 9.49 Å². The van der Waals surface area contributed by atoms with Crippen LogP contribution in [0.5, 0.6) is 0 Å². The first-order valence-corrected chi connectivity index (χ1v) is 6.85. The zero-order valence-corrected chi connectivity index (χ0v) is 9.04. The highest BCUT2D eigenvalue weighted by Crippen LogP contribution is 2.73. The molecule has 4 saturated carbocycles. The summed E-state index contributed by atoms with van der Waals surface area (Å²) >= 11 is 2.47. The van der Waals surface area contributed by atoms with E-state index in [4.69, 9.17) is 0 Å². The Morgan fingerprint density at radius 2 is 1.08 bits per heavy atom. The van der Waals surface area contributed by atoms with E-state index in [2.05, 4.69) is 11.8 Å². The van der Waals surface area contributed by atoms with Crippen LogP contribution >= 0.6 is 11.8 Å². The van der Waals surface area contributed by atoms with Gasteiger partial charge in [0, 0.05) is 9.49 Å². The molecule has 72 valence electrons. The third-order valence-corrected chi connectivity index (χ3v) is 6.83. The van der Waals surface area contributed by atoms with E-state index in [1.165, 1.54) is 0 Å². The Hall–Kier alpha value is 0.350. The van der Waals surface area contributed by atoms with Crippen molar-refractivity contribution in [3.63, 3.8) is 0 Å². The molecular weight excluding hydrogens is 176 g/mol. The van der Waals surface area contributed by atoms with Gasteiger partial charge in [0.05, 0.1) is 0 Å². The van der Waals surface area contributed by atoms with Crippen LogP contribution in [0, 0.1) is 11.8 Å². The lowest BCUT2D eigenvalue weighted by molar-refractivity contribution is 0.719. The van der Waals surface area contributed by atoms with Crippen molar-refractivity contribution in [2.45, 2.75) is 60.9 Å². The van der Waals surface area contributed by atoms with E-state index in [-0.39, 0.29) is 0 Å². The number of hydrogen-bond acceptors (Lipinski definition) is 1. The van der Waals surface area contributed by atoms with Gasteiger partial charge < -0.3 is 0 Å². The van der Waals surface area contributed by atoms with Crippen molar-refractivity contribution in [3.8, 4) is 0 Å². The van der Waals surface area contributed by atoms with Gasteiger partial charge in [-0.3, -0.25) is 0 Å². The zero-order chi connectivity index (χ0) is 8.52. The SMILES string of the molecule is C1CC1C1(SC2(C3CC3)CC2)CC1. The molecule has 0 unspecified atom stereocenters. The molecule has 0 aromatic heterocycles. The zero-order valence-electron chi connectivity index (χ0n) is 8.22. The van der Waals surface area contributed by atoms with Gasteiger partial charge in [0.15, 0.2) is 0 Å². The lowest BCUT2D eigenvalue weighted by Gasteiger charge is -2.22. The molecule has 0 bridgehead atoms. The number of hydrogen-bond donors (Lipinski definition) is 0. The molecule has 0 atom stereocenters. The van der Waals surface area contributed by atoms with Gasteiger partial charge in [-0.25, -0.2) is 0 Å². The van der Waals surface area contributed by atoms with Crippen molar-refractivity contribution in [2.24, 2.45) is 11.8 Å². The van der Waals surface area contributed by atoms with Gasteiger partial charge in [-0.05, 0) is 63.2 Å². The summed E-state index contributed by atoms with van der Waals surface area (Å²) in [6.45, 7) is 0. The van der Waals surface area contributed by atoms with Crippen LogP contribution in [0.2, 0.25) is 0 Å². The first-order chi connectivity index (χ1) is 6.33. The Morgan fingerprint density at radius 3 is 1.31 bits per heavy atom. The minimum atomic E-state index is 0.846. The molecule has 0 saturated heterocycles. The van der Waals surface area contributed by atoms with Crippen molar-refractivity contribution in [1.29, 1.82) is 0 Å². The molecule has 1 heteroatoms. The van der Waals surface area contributed by atoms with Crippen LogP contribution in [0.3, 0.4) is 0 Å². The molecule has 0 heterocycles. The lowest BCUT2D eigenvalue weighted by Crippen LogP contribution is -2.16. The molecule has 4 aliphatic rings. The highest BCUT2D eigenvalue weighted by molar-refractivity contribution is 8.02. The predicted octanol–water partition coefficient (Wildman–Crippen LogP) is 3.60. The number of thioether (sulfide) groups is 1.